The van der Waals surface area contributed by atoms with E-state index in [4.69, 9.17) is 9.84 Å². The van der Waals surface area contributed by atoms with Gasteiger partial charge in [-0.15, -0.1) is 11.3 Å². The van der Waals surface area contributed by atoms with Gasteiger partial charge in [-0.3, -0.25) is 0 Å². The van der Waals surface area contributed by atoms with E-state index in [1.165, 1.54) is 15.8 Å². The number of thiophene rings is 1. The molecule has 1 aliphatic rings. The minimum atomic E-state index is -3.78. The van der Waals surface area contributed by atoms with Gasteiger partial charge in [0.05, 0.1) is 12.2 Å². The van der Waals surface area contributed by atoms with E-state index in [0.717, 1.165) is 11.3 Å². The molecule has 2 heterocycles. The fourth-order valence-corrected chi connectivity index (χ4v) is 4.95. The second-order valence-electron chi connectivity index (χ2n) is 4.50. The molecule has 1 aromatic heterocycles. The van der Waals surface area contributed by atoms with Gasteiger partial charge in [0.25, 0.3) is 0 Å². The van der Waals surface area contributed by atoms with E-state index >= 15 is 0 Å². The fraction of sp³-hybridized carbons (Fsp3) is 0.545. The molecule has 19 heavy (non-hydrogen) atoms. The summed E-state index contributed by atoms with van der Waals surface area (Å²) < 4.78 is 31.7. The van der Waals surface area contributed by atoms with Crippen molar-refractivity contribution in [2.24, 2.45) is 0 Å². The molecule has 6 nitrogen and oxygen atoms in total. The summed E-state index contributed by atoms with van der Waals surface area (Å²) >= 11 is 0.913. The van der Waals surface area contributed by atoms with Crippen molar-refractivity contribution in [2.45, 2.75) is 31.0 Å². The summed E-state index contributed by atoms with van der Waals surface area (Å²) in [6.45, 7) is 4.07. The zero-order valence-corrected chi connectivity index (χ0v) is 12.2. The SMILES string of the molecule is CC1CN(S(=O)(=O)c2ccsc2C(=O)O)CC(C)O1. The Morgan fingerprint density at radius 2 is 2.00 bits per heavy atom. The minimum Gasteiger partial charge on any atom is -0.477 e. The maximum atomic E-state index is 12.5. The van der Waals surface area contributed by atoms with Crippen molar-refractivity contribution < 1.29 is 23.1 Å². The topological polar surface area (TPSA) is 83.9 Å². The van der Waals surface area contributed by atoms with Crippen LogP contribution in [-0.4, -0.2) is 49.1 Å². The summed E-state index contributed by atoms with van der Waals surface area (Å²) in [5.41, 5.74) is 0. The number of carboxylic acid groups (broad SMARTS) is 1. The van der Waals surface area contributed by atoms with Crippen LogP contribution in [0.25, 0.3) is 0 Å². The first-order chi connectivity index (χ1) is 8.82. The van der Waals surface area contributed by atoms with Crippen molar-refractivity contribution in [1.29, 1.82) is 0 Å². The Morgan fingerprint density at radius 3 is 2.53 bits per heavy atom. The molecule has 2 rings (SSSR count). The quantitative estimate of drug-likeness (QED) is 0.908. The molecule has 2 atom stereocenters. The Morgan fingerprint density at radius 1 is 1.42 bits per heavy atom. The largest absolute Gasteiger partial charge is 0.477 e. The van der Waals surface area contributed by atoms with E-state index < -0.39 is 16.0 Å². The predicted molar refractivity (Wildman–Crippen MR) is 70.0 cm³/mol. The van der Waals surface area contributed by atoms with Crippen molar-refractivity contribution >= 4 is 27.3 Å². The lowest BCUT2D eigenvalue weighted by Gasteiger charge is -2.34. The molecule has 0 aromatic carbocycles. The first-order valence-corrected chi connectivity index (χ1v) is 8.10. The zero-order chi connectivity index (χ0) is 14.2. The molecule has 8 heteroatoms. The molecule has 1 aromatic rings. The van der Waals surface area contributed by atoms with Crippen LogP contribution >= 0.6 is 11.3 Å². The van der Waals surface area contributed by atoms with Gasteiger partial charge >= 0.3 is 5.97 Å². The van der Waals surface area contributed by atoms with Crippen LogP contribution in [-0.2, 0) is 14.8 Å². The molecule has 1 fully saturated rings. The summed E-state index contributed by atoms with van der Waals surface area (Å²) in [4.78, 5) is 10.8. The van der Waals surface area contributed by atoms with Gasteiger partial charge in [0.2, 0.25) is 10.0 Å². The first-order valence-electron chi connectivity index (χ1n) is 5.78. The molecule has 0 radical (unpaired) electrons. The van der Waals surface area contributed by atoms with Crippen LogP contribution in [0.5, 0.6) is 0 Å². The van der Waals surface area contributed by atoms with Crippen LogP contribution in [0, 0.1) is 0 Å². The van der Waals surface area contributed by atoms with Crippen molar-refractivity contribution in [3.05, 3.63) is 16.3 Å². The van der Waals surface area contributed by atoms with Gasteiger partial charge in [0.15, 0.2) is 0 Å². The smallest absolute Gasteiger partial charge is 0.347 e. The average Bonchev–Trinajstić information content (AvgIpc) is 2.76. The van der Waals surface area contributed by atoms with E-state index in [9.17, 15) is 13.2 Å². The van der Waals surface area contributed by atoms with Gasteiger partial charge in [-0.05, 0) is 25.3 Å². The van der Waals surface area contributed by atoms with E-state index in [1.807, 2.05) is 0 Å². The summed E-state index contributed by atoms with van der Waals surface area (Å²) in [6, 6.07) is 1.34. The third-order valence-corrected chi connectivity index (χ3v) is 5.73. The van der Waals surface area contributed by atoms with Gasteiger partial charge in [-0.2, -0.15) is 4.31 Å². The monoisotopic (exact) mass is 305 g/mol. The molecule has 2 unspecified atom stereocenters. The van der Waals surface area contributed by atoms with Crippen LogP contribution in [0.3, 0.4) is 0 Å². The number of rotatable bonds is 3. The second-order valence-corrected chi connectivity index (χ2v) is 7.32. The van der Waals surface area contributed by atoms with Crippen molar-refractivity contribution in [2.75, 3.05) is 13.1 Å². The lowest BCUT2D eigenvalue weighted by Crippen LogP contribution is -2.48. The van der Waals surface area contributed by atoms with Crippen LogP contribution in [0.2, 0.25) is 0 Å². The molecule has 1 saturated heterocycles. The maximum absolute atomic E-state index is 12.5. The molecule has 1 N–H and O–H groups in total. The highest BCUT2D eigenvalue weighted by molar-refractivity contribution is 7.89. The molecular formula is C11H15NO5S2. The van der Waals surface area contributed by atoms with Crippen molar-refractivity contribution in [3.63, 3.8) is 0 Å². The number of carbonyl (C=O) groups is 1. The number of sulfonamides is 1. The Hall–Kier alpha value is -0.960. The number of ether oxygens (including phenoxy) is 1. The lowest BCUT2D eigenvalue weighted by molar-refractivity contribution is -0.0440. The summed E-state index contributed by atoms with van der Waals surface area (Å²) in [5, 5.41) is 10.5. The number of aromatic carboxylic acids is 1. The number of hydrogen-bond acceptors (Lipinski definition) is 5. The third kappa shape index (κ3) is 2.81. The number of nitrogens with zero attached hydrogens (tertiary/aromatic N) is 1. The standard InChI is InChI=1S/C11H15NO5S2/c1-7-5-12(6-8(2)17-7)19(15,16)9-3-4-18-10(9)11(13)14/h3-4,7-8H,5-6H2,1-2H3,(H,13,14). The maximum Gasteiger partial charge on any atom is 0.347 e. The molecule has 106 valence electrons. The minimum absolute atomic E-state index is 0.133. The molecule has 0 aliphatic carbocycles. The lowest BCUT2D eigenvalue weighted by atomic mass is 10.3. The molecule has 0 bridgehead atoms. The Labute approximate surface area is 115 Å². The van der Waals surface area contributed by atoms with Gasteiger partial charge in [0.1, 0.15) is 9.77 Å². The summed E-state index contributed by atoms with van der Waals surface area (Å²) in [6.07, 6.45) is -0.407. The van der Waals surface area contributed by atoms with E-state index in [-0.39, 0.29) is 35.1 Å². The van der Waals surface area contributed by atoms with Crippen LogP contribution in [0.15, 0.2) is 16.3 Å². The van der Waals surface area contributed by atoms with Crippen molar-refractivity contribution in [3.8, 4) is 0 Å². The zero-order valence-electron chi connectivity index (χ0n) is 10.6. The number of morpholine rings is 1. The molecule has 1 aliphatic heterocycles. The summed E-state index contributed by atoms with van der Waals surface area (Å²) in [7, 11) is -3.78. The molecule has 0 amide bonds. The van der Waals surface area contributed by atoms with Crippen molar-refractivity contribution in [1.82, 2.24) is 4.31 Å². The number of hydrogen-bond donors (Lipinski definition) is 1. The highest BCUT2D eigenvalue weighted by Gasteiger charge is 2.35. The Bertz CT molecular complexity index is 570. The van der Waals surface area contributed by atoms with E-state index in [0.29, 0.717) is 0 Å². The van der Waals surface area contributed by atoms with E-state index in [1.54, 1.807) is 13.8 Å². The molecule has 0 spiro atoms. The van der Waals surface area contributed by atoms with Crippen LogP contribution in [0.1, 0.15) is 23.5 Å². The molecule has 0 saturated carbocycles. The summed E-state index contributed by atoms with van der Waals surface area (Å²) in [5.74, 6) is -1.22. The predicted octanol–water partition coefficient (Wildman–Crippen LogP) is 1.24. The average molecular weight is 305 g/mol. The highest BCUT2D eigenvalue weighted by atomic mass is 32.2. The van der Waals surface area contributed by atoms with Gasteiger partial charge < -0.3 is 9.84 Å². The Balaban J connectivity index is 2.37. The number of carboxylic acids is 1. The van der Waals surface area contributed by atoms with Crippen LogP contribution in [0.4, 0.5) is 0 Å². The van der Waals surface area contributed by atoms with E-state index in [2.05, 4.69) is 0 Å². The highest BCUT2D eigenvalue weighted by Crippen LogP contribution is 2.27. The fourth-order valence-electron chi connectivity index (χ4n) is 2.12. The van der Waals surface area contributed by atoms with Crippen LogP contribution < -0.4 is 0 Å². The third-order valence-electron chi connectivity index (χ3n) is 2.83. The molecular weight excluding hydrogens is 290 g/mol. The van der Waals surface area contributed by atoms with Gasteiger partial charge in [-0.1, -0.05) is 0 Å². The second kappa shape index (κ2) is 5.20. The van der Waals surface area contributed by atoms with Gasteiger partial charge in [-0.25, -0.2) is 13.2 Å². The normalized spacial score (nSPS) is 25.4. The first kappa shape index (κ1) is 14.4. The Kier molecular flexibility index (Phi) is 3.95. The van der Waals surface area contributed by atoms with Gasteiger partial charge in [0, 0.05) is 13.1 Å².